The molecule has 0 fully saturated rings. The Labute approximate surface area is 152 Å². The van der Waals surface area contributed by atoms with Gasteiger partial charge in [0.15, 0.2) is 0 Å². The molecule has 2 N–H and O–H groups in total. The molecule has 0 aliphatic rings. The van der Waals surface area contributed by atoms with Crippen molar-refractivity contribution in [3.05, 3.63) is 72.3 Å². The van der Waals surface area contributed by atoms with E-state index in [0.29, 0.717) is 5.56 Å². The molecule has 0 radical (unpaired) electrons. The zero-order chi connectivity index (χ0) is 18.5. The molecular weight excluding hydrogens is 328 g/mol. The van der Waals surface area contributed by atoms with Crippen LogP contribution in [-0.4, -0.2) is 25.0 Å². The number of carbonyl (C=O) groups excluding carboxylic acids is 2. The number of anilines is 2. The van der Waals surface area contributed by atoms with Gasteiger partial charge in [-0.2, -0.15) is 0 Å². The summed E-state index contributed by atoms with van der Waals surface area (Å²) in [5.41, 5.74) is 1.97. The quantitative estimate of drug-likeness (QED) is 0.682. The van der Waals surface area contributed by atoms with Gasteiger partial charge in [0.1, 0.15) is 6.04 Å². The van der Waals surface area contributed by atoms with Gasteiger partial charge in [-0.3, -0.25) is 4.79 Å². The van der Waals surface area contributed by atoms with Gasteiger partial charge < -0.3 is 15.4 Å². The van der Waals surface area contributed by atoms with E-state index in [1.807, 2.05) is 42.5 Å². The summed E-state index contributed by atoms with van der Waals surface area (Å²) in [6, 6.07) is 20.2. The van der Waals surface area contributed by atoms with E-state index in [9.17, 15) is 9.59 Å². The number of ether oxygens (including phenoxy) is 1. The van der Waals surface area contributed by atoms with Crippen molar-refractivity contribution in [2.24, 2.45) is 0 Å². The average molecular weight is 348 g/mol. The Morgan fingerprint density at radius 2 is 1.54 bits per heavy atom. The molecule has 0 saturated heterocycles. The second-order valence-corrected chi connectivity index (χ2v) is 5.99. The Bertz CT molecular complexity index is 935. The van der Waals surface area contributed by atoms with Crippen LogP contribution in [0.15, 0.2) is 66.7 Å². The second kappa shape index (κ2) is 7.70. The van der Waals surface area contributed by atoms with Crippen LogP contribution in [0.5, 0.6) is 0 Å². The maximum Gasteiger partial charge on any atom is 0.337 e. The minimum Gasteiger partial charge on any atom is -0.465 e. The SMILES string of the molecule is COC(=O)c1ccc(N[C@H](C)C(=O)Nc2ccc3ccccc3c2)cc1. The van der Waals surface area contributed by atoms with Crippen LogP contribution in [0.25, 0.3) is 10.8 Å². The smallest absolute Gasteiger partial charge is 0.337 e. The summed E-state index contributed by atoms with van der Waals surface area (Å²) in [5, 5.41) is 8.24. The molecule has 0 saturated carbocycles. The number of nitrogens with one attached hydrogen (secondary N) is 2. The molecule has 1 amide bonds. The highest BCUT2D eigenvalue weighted by Gasteiger charge is 2.13. The van der Waals surface area contributed by atoms with Gasteiger partial charge in [-0.15, -0.1) is 0 Å². The number of rotatable bonds is 5. The highest BCUT2D eigenvalue weighted by atomic mass is 16.5. The number of benzene rings is 3. The first kappa shape index (κ1) is 17.5. The molecule has 3 rings (SSSR count). The zero-order valence-corrected chi connectivity index (χ0v) is 14.7. The van der Waals surface area contributed by atoms with Crippen molar-refractivity contribution < 1.29 is 14.3 Å². The molecule has 3 aromatic rings. The number of amides is 1. The number of hydrogen-bond acceptors (Lipinski definition) is 4. The summed E-state index contributed by atoms with van der Waals surface area (Å²) in [6.07, 6.45) is 0. The van der Waals surface area contributed by atoms with E-state index >= 15 is 0 Å². The predicted molar refractivity (Wildman–Crippen MR) is 103 cm³/mol. The topological polar surface area (TPSA) is 67.4 Å². The number of hydrogen-bond donors (Lipinski definition) is 2. The van der Waals surface area contributed by atoms with Crippen LogP contribution in [0.1, 0.15) is 17.3 Å². The number of carbonyl (C=O) groups is 2. The molecule has 5 nitrogen and oxygen atoms in total. The molecule has 1 atom stereocenters. The van der Waals surface area contributed by atoms with Gasteiger partial charge in [0.25, 0.3) is 0 Å². The third-order valence-corrected chi connectivity index (χ3v) is 4.10. The van der Waals surface area contributed by atoms with Crippen LogP contribution in [0.3, 0.4) is 0 Å². The Morgan fingerprint density at radius 1 is 0.885 bits per heavy atom. The first-order valence-electron chi connectivity index (χ1n) is 8.31. The third-order valence-electron chi connectivity index (χ3n) is 4.10. The normalized spacial score (nSPS) is 11.6. The summed E-state index contributed by atoms with van der Waals surface area (Å²) in [5.74, 6) is -0.532. The molecular formula is C21H20N2O3. The van der Waals surface area contributed by atoms with E-state index in [2.05, 4.69) is 15.4 Å². The van der Waals surface area contributed by atoms with Crippen molar-refractivity contribution in [2.45, 2.75) is 13.0 Å². The lowest BCUT2D eigenvalue weighted by Gasteiger charge is -2.16. The monoisotopic (exact) mass is 348 g/mol. The highest BCUT2D eigenvalue weighted by Crippen LogP contribution is 2.19. The highest BCUT2D eigenvalue weighted by molar-refractivity contribution is 5.98. The fourth-order valence-corrected chi connectivity index (χ4v) is 2.65. The fraction of sp³-hybridized carbons (Fsp3) is 0.143. The molecule has 0 bridgehead atoms. The third kappa shape index (κ3) is 4.00. The largest absolute Gasteiger partial charge is 0.465 e. The molecule has 0 aromatic heterocycles. The van der Waals surface area contributed by atoms with Gasteiger partial charge in [-0.05, 0) is 54.1 Å². The molecule has 26 heavy (non-hydrogen) atoms. The Morgan fingerprint density at radius 3 is 2.23 bits per heavy atom. The molecule has 0 unspecified atom stereocenters. The summed E-state index contributed by atoms with van der Waals surface area (Å²) < 4.78 is 4.67. The molecule has 0 heterocycles. The first-order valence-corrected chi connectivity index (χ1v) is 8.31. The van der Waals surface area contributed by atoms with Gasteiger partial charge in [-0.1, -0.05) is 30.3 Å². The minimum absolute atomic E-state index is 0.141. The van der Waals surface area contributed by atoms with Gasteiger partial charge in [0.2, 0.25) is 5.91 Å². The maximum absolute atomic E-state index is 12.4. The van der Waals surface area contributed by atoms with Crippen LogP contribution < -0.4 is 10.6 Å². The van der Waals surface area contributed by atoms with E-state index in [1.165, 1.54) is 7.11 Å². The van der Waals surface area contributed by atoms with Crippen molar-refractivity contribution in [3.8, 4) is 0 Å². The van der Waals surface area contributed by atoms with E-state index in [1.54, 1.807) is 31.2 Å². The van der Waals surface area contributed by atoms with E-state index < -0.39 is 12.0 Å². The lowest BCUT2D eigenvalue weighted by atomic mass is 10.1. The number of methoxy groups -OCH3 is 1. The molecule has 0 aliphatic heterocycles. The van der Waals surface area contributed by atoms with Crippen molar-refractivity contribution in [1.82, 2.24) is 0 Å². The van der Waals surface area contributed by atoms with Crippen molar-refractivity contribution >= 4 is 34.0 Å². The lowest BCUT2D eigenvalue weighted by molar-refractivity contribution is -0.116. The van der Waals surface area contributed by atoms with Crippen molar-refractivity contribution in [2.75, 3.05) is 17.7 Å². The van der Waals surface area contributed by atoms with Gasteiger partial charge in [0.05, 0.1) is 12.7 Å². The Hall–Kier alpha value is -3.34. The Kier molecular flexibility index (Phi) is 5.17. The van der Waals surface area contributed by atoms with Crippen LogP contribution in [0.4, 0.5) is 11.4 Å². The zero-order valence-electron chi connectivity index (χ0n) is 14.7. The average Bonchev–Trinajstić information content (AvgIpc) is 2.67. The van der Waals surface area contributed by atoms with Crippen LogP contribution in [0, 0.1) is 0 Å². The van der Waals surface area contributed by atoms with Crippen molar-refractivity contribution in [3.63, 3.8) is 0 Å². The van der Waals surface area contributed by atoms with E-state index in [4.69, 9.17) is 0 Å². The van der Waals surface area contributed by atoms with E-state index in [-0.39, 0.29) is 5.91 Å². The number of fused-ring (bicyclic) bond motifs is 1. The predicted octanol–water partition coefficient (Wildman–Crippen LogP) is 4.07. The standard InChI is InChI=1S/C21H20N2O3/c1-14(22-18-10-8-16(9-11-18)21(25)26-2)20(24)23-19-12-7-15-5-3-4-6-17(15)13-19/h3-14,22H,1-2H3,(H,23,24)/t14-/m1/s1. The van der Waals surface area contributed by atoms with Crippen LogP contribution in [-0.2, 0) is 9.53 Å². The fourth-order valence-electron chi connectivity index (χ4n) is 2.65. The summed E-state index contributed by atoms with van der Waals surface area (Å²) in [4.78, 5) is 23.9. The summed E-state index contributed by atoms with van der Waals surface area (Å²) in [6.45, 7) is 1.78. The minimum atomic E-state index is -0.439. The summed E-state index contributed by atoms with van der Waals surface area (Å²) >= 11 is 0. The molecule has 132 valence electrons. The lowest BCUT2D eigenvalue weighted by Crippen LogP contribution is -2.31. The molecule has 3 aromatic carbocycles. The van der Waals surface area contributed by atoms with Gasteiger partial charge in [-0.25, -0.2) is 4.79 Å². The van der Waals surface area contributed by atoms with Crippen molar-refractivity contribution in [1.29, 1.82) is 0 Å². The molecule has 0 aliphatic carbocycles. The van der Waals surface area contributed by atoms with E-state index in [0.717, 1.165) is 22.1 Å². The molecule has 0 spiro atoms. The first-order chi connectivity index (χ1) is 12.6. The Balaban J connectivity index is 1.64. The van der Waals surface area contributed by atoms with Crippen LogP contribution in [0.2, 0.25) is 0 Å². The molecule has 5 heteroatoms. The van der Waals surface area contributed by atoms with Gasteiger partial charge >= 0.3 is 5.97 Å². The van der Waals surface area contributed by atoms with Gasteiger partial charge in [0, 0.05) is 11.4 Å². The number of esters is 1. The van der Waals surface area contributed by atoms with Crippen LogP contribution >= 0.6 is 0 Å². The summed E-state index contributed by atoms with van der Waals surface area (Å²) in [7, 11) is 1.34. The second-order valence-electron chi connectivity index (χ2n) is 5.99. The maximum atomic E-state index is 12.4.